The van der Waals surface area contributed by atoms with Crippen LogP contribution in [0.25, 0.3) is 0 Å². The molecule has 0 aliphatic carbocycles. The van der Waals surface area contributed by atoms with Gasteiger partial charge < -0.3 is 9.64 Å². The van der Waals surface area contributed by atoms with E-state index in [0.29, 0.717) is 13.2 Å². The minimum atomic E-state index is -2.55. The number of anilines is 2. The predicted octanol–water partition coefficient (Wildman–Crippen LogP) is 6.83. The van der Waals surface area contributed by atoms with Gasteiger partial charge in [-0.25, -0.2) is 14.2 Å². The fraction of sp³-hybridized carbons (Fsp3) is 0.276. The summed E-state index contributed by atoms with van der Waals surface area (Å²) in [7, 11) is -0.368. The number of hydrazone groups is 1. The van der Waals surface area contributed by atoms with Crippen molar-refractivity contribution in [1.82, 2.24) is 4.67 Å². The lowest BCUT2D eigenvalue weighted by molar-refractivity contribution is 0.0743. The van der Waals surface area contributed by atoms with Crippen LogP contribution in [0, 0.1) is 0 Å². The second-order valence-electron chi connectivity index (χ2n) is 9.87. The molecule has 0 amide bonds. The van der Waals surface area contributed by atoms with E-state index in [2.05, 4.69) is 120 Å². The molecule has 36 heavy (non-hydrogen) atoms. The molecule has 1 saturated heterocycles. The molecule has 6 nitrogen and oxygen atoms in total. The van der Waals surface area contributed by atoms with E-state index in [1.807, 2.05) is 6.07 Å². The lowest BCUT2D eigenvalue weighted by Gasteiger charge is -2.42. The summed E-state index contributed by atoms with van der Waals surface area (Å²) in [4.78, 5) is 2.36. The Labute approximate surface area is 213 Å². The molecular weight excluding hydrogens is 465 g/mol. The third-order valence-corrected chi connectivity index (χ3v) is 10.9. The average Bonchev–Trinajstić information content (AvgIpc) is 3.38. The van der Waals surface area contributed by atoms with Gasteiger partial charge in [-0.05, 0) is 35.9 Å². The first-order chi connectivity index (χ1) is 17.5. The van der Waals surface area contributed by atoms with Crippen LogP contribution < -0.4 is 9.68 Å². The maximum Gasteiger partial charge on any atom is 0.180 e. The SMILES string of the molecule is CN1/C(=C2\C=NN(c3ccccc3)P2(=Nc2ccccc2)N2CCOCC2)C(C)(C)c2ccccc21. The molecule has 0 N–H and O–H groups in total. The smallest absolute Gasteiger partial charge is 0.180 e. The van der Waals surface area contributed by atoms with Crippen LogP contribution in [0.3, 0.4) is 0 Å². The number of nitrogens with zero attached hydrogens (tertiary/aromatic N) is 5. The number of ether oxygens (including phenoxy) is 1. The van der Waals surface area contributed by atoms with Crippen LogP contribution in [0.15, 0.2) is 106 Å². The van der Waals surface area contributed by atoms with Crippen LogP contribution in [-0.4, -0.2) is 44.2 Å². The van der Waals surface area contributed by atoms with Gasteiger partial charge in [0.05, 0.1) is 36.1 Å². The summed E-state index contributed by atoms with van der Waals surface area (Å²) in [5.74, 6) is 0. The van der Waals surface area contributed by atoms with Crippen molar-refractivity contribution in [3.05, 3.63) is 102 Å². The quantitative estimate of drug-likeness (QED) is 0.372. The maximum atomic E-state index is 5.82. The molecule has 3 aromatic rings. The van der Waals surface area contributed by atoms with E-state index in [1.165, 1.54) is 22.3 Å². The molecule has 0 aromatic heterocycles. The molecule has 1 atom stereocenters. The zero-order valence-electron chi connectivity index (χ0n) is 21.1. The van der Waals surface area contributed by atoms with Gasteiger partial charge >= 0.3 is 0 Å². The number of hydrogen-bond acceptors (Lipinski definition) is 4. The zero-order valence-corrected chi connectivity index (χ0v) is 22.0. The van der Waals surface area contributed by atoms with Crippen LogP contribution in [0.2, 0.25) is 0 Å². The second kappa shape index (κ2) is 9.04. The van der Waals surface area contributed by atoms with Crippen LogP contribution >= 0.6 is 7.36 Å². The monoisotopic (exact) mass is 497 g/mol. The van der Waals surface area contributed by atoms with E-state index in [9.17, 15) is 0 Å². The number of rotatable bonds is 3. The van der Waals surface area contributed by atoms with Crippen molar-refractivity contribution in [2.75, 3.05) is 43.0 Å². The fourth-order valence-electron chi connectivity index (χ4n) is 5.73. The Morgan fingerprint density at radius 2 is 1.50 bits per heavy atom. The topological polar surface area (TPSA) is 43.7 Å². The minimum absolute atomic E-state index is 0.191. The molecule has 0 bridgehead atoms. The third kappa shape index (κ3) is 3.55. The van der Waals surface area contributed by atoms with E-state index in [-0.39, 0.29) is 5.41 Å². The highest BCUT2D eigenvalue weighted by Gasteiger charge is 2.49. The first-order valence-corrected chi connectivity index (χ1v) is 14.2. The normalized spacial score (nSPS) is 25.3. The summed E-state index contributed by atoms with van der Waals surface area (Å²) in [6.07, 6.45) is 2.09. The van der Waals surface area contributed by atoms with Gasteiger partial charge in [0.2, 0.25) is 0 Å². The minimum Gasteiger partial charge on any atom is -0.379 e. The molecule has 3 heterocycles. The molecule has 7 heteroatoms. The molecular formula is C29H32N5OP. The van der Waals surface area contributed by atoms with Crippen molar-refractivity contribution in [1.29, 1.82) is 0 Å². The van der Waals surface area contributed by atoms with E-state index >= 15 is 0 Å². The summed E-state index contributed by atoms with van der Waals surface area (Å²) < 4.78 is 16.2. The molecule has 3 aliphatic rings. The highest BCUT2D eigenvalue weighted by molar-refractivity contribution is 7.71. The molecule has 184 valence electrons. The van der Waals surface area contributed by atoms with Gasteiger partial charge in [-0.1, -0.05) is 68.4 Å². The highest BCUT2D eigenvalue weighted by Crippen LogP contribution is 2.70. The van der Waals surface area contributed by atoms with Crippen LogP contribution in [0.5, 0.6) is 0 Å². The number of fused-ring (bicyclic) bond motifs is 1. The molecule has 6 rings (SSSR count). The lowest BCUT2D eigenvalue weighted by Crippen LogP contribution is -2.38. The van der Waals surface area contributed by atoms with E-state index in [0.717, 1.165) is 24.5 Å². The Hall–Kier alpha value is -3.18. The third-order valence-electron chi connectivity index (χ3n) is 7.37. The maximum absolute atomic E-state index is 5.82. The van der Waals surface area contributed by atoms with Crippen LogP contribution in [0.1, 0.15) is 19.4 Å². The molecule has 1 fully saturated rings. The summed E-state index contributed by atoms with van der Waals surface area (Å²) in [5, 5.41) is 6.33. The van der Waals surface area contributed by atoms with Crippen molar-refractivity contribution in [2.45, 2.75) is 19.3 Å². The van der Waals surface area contributed by atoms with Gasteiger partial charge in [-0.15, -0.1) is 0 Å². The summed E-state index contributed by atoms with van der Waals surface area (Å²) in [6.45, 7) is 7.66. The number of allylic oxidation sites excluding steroid dienone is 2. The van der Waals surface area contributed by atoms with Gasteiger partial charge in [0.25, 0.3) is 0 Å². The largest absolute Gasteiger partial charge is 0.379 e. The Morgan fingerprint density at radius 3 is 2.19 bits per heavy atom. The average molecular weight is 498 g/mol. The number of hydrogen-bond donors (Lipinski definition) is 0. The molecule has 0 saturated carbocycles. The number of para-hydroxylation sites is 2. The Bertz CT molecular complexity index is 1380. The van der Waals surface area contributed by atoms with E-state index in [4.69, 9.17) is 14.6 Å². The van der Waals surface area contributed by atoms with Gasteiger partial charge in [-0.2, -0.15) is 5.10 Å². The highest BCUT2D eigenvalue weighted by atomic mass is 31.2. The van der Waals surface area contributed by atoms with Crippen molar-refractivity contribution >= 4 is 30.6 Å². The summed E-state index contributed by atoms with van der Waals surface area (Å²) in [5.41, 5.74) is 5.68. The molecule has 0 radical (unpaired) electrons. The Morgan fingerprint density at radius 1 is 0.861 bits per heavy atom. The van der Waals surface area contributed by atoms with Crippen LogP contribution in [0.4, 0.5) is 17.1 Å². The van der Waals surface area contributed by atoms with E-state index < -0.39 is 7.36 Å². The van der Waals surface area contributed by atoms with E-state index in [1.54, 1.807) is 0 Å². The molecule has 0 spiro atoms. The number of benzene rings is 3. The van der Waals surface area contributed by atoms with Crippen molar-refractivity contribution in [3.8, 4) is 0 Å². The summed E-state index contributed by atoms with van der Waals surface area (Å²) in [6, 6.07) is 29.6. The first-order valence-electron chi connectivity index (χ1n) is 12.5. The summed E-state index contributed by atoms with van der Waals surface area (Å²) >= 11 is 0. The zero-order chi connectivity index (χ0) is 24.8. The Balaban J connectivity index is 1.68. The van der Waals surface area contributed by atoms with Gasteiger partial charge in [-0.3, -0.25) is 0 Å². The van der Waals surface area contributed by atoms with Gasteiger partial charge in [0.1, 0.15) is 0 Å². The molecule has 3 aliphatic heterocycles. The van der Waals surface area contributed by atoms with Gasteiger partial charge in [0.15, 0.2) is 7.36 Å². The number of morpholine rings is 1. The Kier molecular flexibility index (Phi) is 5.83. The standard InChI is InChI=1S/C29H32N5OP/c1-29(2)25-16-10-11-17-26(25)32(3)28(29)27-22-30-34(24-14-8-5-9-15-24)36(27,33-18-20-35-21-19-33)31-23-12-6-4-7-13-23/h4-17,22H,18-21H2,1-3H3/b28-27+. The first kappa shape index (κ1) is 23.2. The van der Waals surface area contributed by atoms with Crippen molar-refractivity contribution in [2.24, 2.45) is 9.85 Å². The van der Waals surface area contributed by atoms with Crippen molar-refractivity contribution < 1.29 is 4.74 Å². The van der Waals surface area contributed by atoms with Gasteiger partial charge in [0, 0.05) is 36.9 Å². The lowest BCUT2D eigenvalue weighted by atomic mass is 9.84. The fourth-order valence-corrected chi connectivity index (χ4v) is 9.54. The molecule has 3 aromatic carbocycles. The number of likely N-dealkylation sites (N-methyl/N-ethyl adjacent to an activating group) is 1. The molecule has 1 unspecified atom stereocenters. The van der Waals surface area contributed by atoms with Crippen molar-refractivity contribution in [3.63, 3.8) is 0 Å². The van der Waals surface area contributed by atoms with Crippen LogP contribution in [-0.2, 0) is 10.2 Å². The predicted molar refractivity (Wildman–Crippen MR) is 150 cm³/mol. The second-order valence-corrected chi connectivity index (χ2v) is 12.6.